The van der Waals surface area contributed by atoms with Gasteiger partial charge < -0.3 is 15.5 Å². The topological polar surface area (TPSA) is 61.4 Å². The van der Waals surface area contributed by atoms with Crippen molar-refractivity contribution in [3.8, 4) is 0 Å². The molecule has 5 nitrogen and oxygen atoms in total. The second kappa shape index (κ2) is 7.83. The highest BCUT2D eigenvalue weighted by molar-refractivity contribution is 5.93. The Hall–Kier alpha value is -2.82. The number of urea groups is 1. The summed E-state index contributed by atoms with van der Waals surface area (Å²) in [6, 6.07) is 17.1. The zero-order valence-corrected chi connectivity index (χ0v) is 14.4. The van der Waals surface area contributed by atoms with Gasteiger partial charge in [0.15, 0.2) is 0 Å². The van der Waals surface area contributed by atoms with E-state index in [1.165, 1.54) is 0 Å². The summed E-state index contributed by atoms with van der Waals surface area (Å²) in [6.45, 7) is 3.18. The molecule has 1 heterocycles. The number of anilines is 2. The number of nitrogens with zero attached hydrogens (tertiary/aromatic N) is 1. The summed E-state index contributed by atoms with van der Waals surface area (Å²) in [5, 5.41) is 5.87. The first-order valence-electron chi connectivity index (χ1n) is 8.60. The lowest BCUT2D eigenvalue weighted by molar-refractivity contribution is -0.121. The summed E-state index contributed by atoms with van der Waals surface area (Å²) in [4.78, 5) is 26.5. The fourth-order valence-corrected chi connectivity index (χ4v) is 3.04. The fraction of sp³-hybridized carbons (Fsp3) is 0.300. The molecule has 0 saturated carbocycles. The molecule has 1 fully saturated rings. The molecule has 2 aromatic carbocycles. The van der Waals surface area contributed by atoms with Gasteiger partial charge in [0, 0.05) is 30.4 Å². The van der Waals surface area contributed by atoms with Crippen molar-refractivity contribution in [1.29, 1.82) is 0 Å². The molecular formula is C20H23N3O2. The average molecular weight is 337 g/mol. The van der Waals surface area contributed by atoms with Crippen molar-refractivity contribution in [1.82, 2.24) is 4.90 Å². The minimum absolute atomic E-state index is 0.0358. The first-order chi connectivity index (χ1) is 12.1. The van der Waals surface area contributed by atoms with Gasteiger partial charge in [-0.25, -0.2) is 4.79 Å². The molecule has 0 atom stereocenters. The molecular weight excluding hydrogens is 314 g/mol. The molecule has 0 spiro atoms. The Bertz CT molecular complexity index is 738. The number of nitrogens with one attached hydrogen (secondary N) is 2. The van der Waals surface area contributed by atoms with Crippen molar-refractivity contribution >= 4 is 23.3 Å². The number of amides is 3. The maximum atomic E-state index is 12.4. The van der Waals surface area contributed by atoms with Gasteiger partial charge in [-0.3, -0.25) is 4.79 Å². The van der Waals surface area contributed by atoms with E-state index in [2.05, 4.69) is 10.6 Å². The number of aryl methyl sites for hydroxylation is 1. The van der Waals surface area contributed by atoms with Crippen LogP contribution in [0.3, 0.4) is 0 Å². The van der Waals surface area contributed by atoms with E-state index in [1.807, 2.05) is 61.5 Å². The normalized spacial score (nSPS) is 14.8. The quantitative estimate of drug-likeness (QED) is 0.893. The zero-order valence-electron chi connectivity index (χ0n) is 14.4. The van der Waals surface area contributed by atoms with E-state index in [1.54, 1.807) is 4.90 Å². The van der Waals surface area contributed by atoms with E-state index in [0.29, 0.717) is 25.9 Å². The third-order valence-corrected chi connectivity index (χ3v) is 4.46. The first-order valence-corrected chi connectivity index (χ1v) is 8.60. The molecule has 2 aromatic rings. The molecule has 0 unspecified atom stereocenters. The molecule has 0 radical (unpaired) electrons. The second-order valence-electron chi connectivity index (χ2n) is 6.42. The van der Waals surface area contributed by atoms with E-state index < -0.39 is 0 Å². The summed E-state index contributed by atoms with van der Waals surface area (Å²) in [5.41, 5.74) is 2.73. The predicted octanol–water partition coefficient (Wildman–Crippen LogP) is 3.88. The Morgan fingerprint density at radius 2 is 1.60 bits per heavy atom. The van der Waals surface area contributed by atoms with Crippen LogP contribution in [-0.4, -0.2) is 29.9 Å². The summed E-state index contributed by atoms with van der Waals surface area (Å²) in [5.74, 6) is -0.0185. The minimum atomic E-state index is -0.108. The van der Waals surface area contributed by atoms with Crippen molar-refractivity contribution in [2.45, 2.75) is 19.8 Å². The Balaban J connectivity index is 1.49. The minimum Gasteiger partial charge on any atom is -0.326 e. The summed E-state index contributed by atoms with van der Waals surface area (Å²) >= 11 is 0. The Kier molecular flexibility index (Phi) is 5.33. The molecule has 25 heavy (non-hydrogen) atoms. The molecule has 0 bridgehead atoms. The number of benzene rings is 2. The Morgan fingerprint density at radius 3 is 2.28 bits per heavy atom. The number of para-hydroxylation sites is 1. The molecule has 1 saturated heterocycles. The van der Waals surface area contributed by atoms with Crippen LogP contribution in [-0.2, 0) is 4.79 Å². The summed E-state index contributed by atoms with van der Waals surface area (Å²) in [7, 11) is 0. The van der Waals surface area contributed by atoms with Crippen molar-refractivity contribution in [3.05, 3.63) is 60.2 Å². The molecule has 5 heteroatoms. The number of hydrogen-bond acceptors (Lipinski definition) is 2. The summed E-state index contributed by atoms with van der Waals surface area (Å²) in [6.07, 6.45) is 1.36. The maximum absolute atomic E-state index is 12.4. The van der Waals surface area contributed by atoms with Crippen LogP contribution in [0.5, 0.6) is 0 Å². The van der Waals surface area contributed by atoms with Crippen molar-refractivity contribution in [3.63, 3.8) is 0 Å². The Morgan fingerprint density at radius 1 is 0.920 bits per heavy atom. The average Bonchev–Trinajstić information content (AvgIpc) is 2.62. The van der Waals surface area contributed by atoms with Gasteiger partial charge in [-0.05, 0) is 49.6 Å². The van der Waals surface area contributed by atoms with Crippen LogP contribution in [0.15, 0.2) is 54.6 Å². The highest BCUT2D eigenvalue weighted by atomic mass is 16.2. The summed E-state index contributed by atoms with van der Waals surface area (Å²) < 4.78 is 0. The number of likely N-dealkylation sites (tertiary alicyclic amines) is 1. The Labute approximate surface area is 148 Å². The van der Waals surface area contributed by atoms with E-state index >= 15 is 0 Å². The maximum Gasteiger partial charge on any atom is 0.321 e. The van der Waals surface area contributed by atoms with E-state index in [-0.39, 0.29) is 17.9 Å². The predicted molar refractivity (Wildman–Crippen MR) is 99.6 cm³/mol. The number of hydrogen-bond donors (Lipinski definition) is 2. The zero-order chi connectivity index (χ0) is 17.6. The van der Waals surface area contributed by atoms with Crippen LogP contribution in [0.1, 0.15) is 18.4 Å². The second-order valence-corrected chi connectivity index (χ2v) is 6.42. The SMILES string of the molecule is Cc1cccc(NC(=O)C2CCN(C(=O)Nc3ccccc3)CC2)c1. The van der Waals surface area contributed by atoms with Crippen LogP contribution < -0.4 is 10.6 Å². The lowest BCUT2D eigenvalue weighted by Gasteiger charge is -2.31. The lowest BCUT2D eigenvalue weighted by Crippen LogP contribution is -2.43. The standard InChI is InChI=1S/C20H23N3O2/c1-15-6-5-9-18(14-15)21-19(24)16-10-12-23(13-11-16)20(25)22-17-7-3-2-4-8-17/h2-9,14,16H,10-13H2,1H3,(H,21,24)(H,22,25). The molecule has 0 aliphatic carbocycles. The van der Waals surface area contributed by atoms with Crippen LogP contribution in [0, 0.1) is 12.8 Å². The van der Waals surface area contributed by atoms with Gasteiger partial charge in [-0.2, -0.15) is 0 Å². The van der Waals surface area contributed by atoms with Crippen LogP contribution in [0.25, 0.3) is 0 Å². The van der Waals surface area contributed by atoms with Crippen LogP contribution >= 0.6 is 0 Å². The number of carbonyl (C=O) groups excluding carboxylic acids is 2. The molecule has 2 N–H and O–H groups in total. The van der Waals surface area contributed by atoms with Crippen molar-refractivity contribution in [2.75, 3.05) is 23.7 Å². The monoisotopic (exact) mass is 337 g/mol. The van der Waals surface area contributed by atoms with Gasteiger partial charge in [0.25, 0.3) is 0 Å². The van der Waals surface area contributed by atoms with Gasteiger partial charge in [0.1, 0.15) is 0 Å². The van der Waals surface area contributed by atoms with Gasteiger partial charge >= 0.3 is 6.03 Å². The van der Waals surface area contributed by atoms with E-state index in [4.69, 9.17) is 0 Å². The molecule has 0 aromatic heterocycles. The lowest BCUT2D eigenvalue weighted by atomic mass is 9.96. The third kappa shape index (κ3) is 4.59. The van der Waals surface area contributed by atoms with Crippen molar-refractivity contribution in [2.24, 2.45) is 5.92 Å². The van der Waals surface area contributed by atoms with Crippen LogP contribution in [0.2, 0.25) is 0 Å². The van der Waals surface area contributed by atoms with E-state index in [9.17, 15) is 9.59 Å². The highest BCUT2D eigenvalue weighted by Gasteiger charge is 2.27. The smallest absolute Gasteiger partial charge is 0.321 e. The number of rotatable bonds is 3. The molecule has 3 rings (SSSR count). The molecule has 3 amide bonds. The number of piperidine rings is 1. The molecule has 1 aliphatic heterocycles. The van der Waals surface area contributed by atoms with E-state index in [0.717, 1.165) is 16.9 Å². The largest absolute Gasteiger partial charge is 0.326 e. The first kappa shape index (κ1) is 17.0. The van der Waals surface area contributed by atoms with Gasteiger partial charge in [0.05, 0.1) is 0 Å². The highest BCUT2D eigenvalue weighted by Crippen LogP contribution is 2.21. The van der Waals surface area contributed by atoms with Gasteiger partial charge in [-0.15, -0.1) is 0 Å². The molecule has 130 valence electrons. The van der Waals surface area contributed by atoms with Gasteiger partial charge in [0.2, 0.25) is 5.91 Å². The fourth-order valence-electron chi connectivity index (χ4n) is 3.04. The number of carbonyl (C=O) groups is 2. The molecule has 1 aliphatic rings. The van der Waals surface area contributed by atoms with Crippen LogP contribution in [0.4, 0.5) is 16.2 Å². The van der Waals surface area contributed by atoms with Crippen molar-refractivity contribution < 1.29 is 9.59 Å². The van der Waals surface area contributed by atoms with Gasteiger partial charge in [-0.1, -0.05) is 30.3 Å². The third-order valence-electron chi connectivity index (χ3n) is 4.46.